The number of rotatable bonds is 5. The Labute approximate surface area is 177 Å². The second kappa shape index (κ2) is 8.25. The van der Waals surface area contributed by atoms with Crippen LogP contribution < -0.4 is 10.6 Å². The second-order valence-electron chi connectivity index (χ2n) is 8.83. The second-order valence-corrected chi connectivity index (χ2v) is 8.83. The highest BCUT2D eigenvalue weighted by molar-refractivity contribution is 5.98. The van der Waals surface area contributed by atoms with Crippen LogP contribution in [0.15, 0.2) is 54.7 Å². The lowest BCUT2D eigenvalue weighted by molar-refractivity contribution is -0.120. The minimum atomic E-state index is -0.553. The highest BCUT2D eigenvalue weighted by atomic mass is 16.2. The zero-order chi connectivity index (χ0) is 20.5. The van der Waals surface area contributed by atoms with E-state index in [0.717, 1.165) is 41.7 Å². The van der Waals surface area contributed by atoms with Crippen molar-refractivity contribution in [2.24, 2.45) is 11.7 Å². The number of nitrogens with zero attached hydrogens (tertiary/aromatic N) is 2. The maximum atomic E-state index is 13.5. The molecule has 1 saturated heterocycles. The number of fused-ring (bicyclic) bond motifs is 2. The number of anilines is 1. The monoisotopic (exact) mass is 402 g/mol. The lowest BCUT2D eigenvalue weighted by atomic mass is 9.91. The fourth-order valence-electron chi connectivity index (χ4n) is 5.17. The average molecular weight is 403 g/mol. The molecule has 3 aromatic rings. The zero-order valence-corrected chi connectivity index (χ0v) is 17.4. The van der Waals surface area contributed by atoms with Gasteiger partial charge in [-0.2, -0.15) is 0 Å². The van der Waals surface area contributed by atoms with Gasteiger partial charge in [-0.05, 0) is 68.0 Å². The van der Waals surface area contributed by atoms with Crippen molar-refractivity contribution in [1.29, 1.82) is 0 Å². The third-order valence-corrected chi connectivity index (χ3v) is 6.64. The first kappa shape index (κ1) is 19.3. The molecule has 1 aromatic heterocycles. The molecule has 2 unspecified atom stereocenters. The summed E-state index contributed by atoms with van der Waals surface area (Å²) in [6.07, 6.45) is 6.15. The van der Waals surface area contributed by atoms with E-state index in [2.05, 4.69) is 40.2 Å². The molecule has 2 aliphatic rings. The molecule has 5 nitrogen and oxygen atoms in total. The Kier molecular flexibility index (Phi) is 5.32. The summed E-state index contributed by atoms with van der Waals surface area (Å²) in [5.41, 5.74) is 11.0. The normalized spacial score (nSPS) is 20.4. The van der Waals surface area contributed by atoms with Crippen molar-refractivity contribution >= 4 is 22.5 Å². The summed E-state index contributed by atoms with van der Waals surface area (Å²) in [4.78, 5) is 21.3. The third-order valence-electron chi connectivity index (χ3n) is 6.64. The molecule has 0 radical (unpaired) electrons. The maximum Gasteiger partial charge on any atom is 0.244 e. The van der Waals surface area contributed by atoms with E-state index in [1.54, 1.807) is 0 Å². The van der Waals surface area contributed by atoms with Crippen LogP contribution in [0.3, 0.4) is 0 Å². The number of benzene rings is 2. The van der Waals surface area contributed by atoms with Gasteiger partial charge in [-0.25, -0.2) is 0 Å². The molecule has 2 aromatic carbocycles. The molecule has 0 bridgehead atoms. The standard InChI is InChI=1S/C25H30N4O/c26-22(14-20-15-27-23-9-3-2-8-21(20)23)25(30)29-17-18(16-28-11-5-6-12-28)13-19-7-1-4-10-24(19)29/h1-4,7-10,15,18,22,27H,5-6,11-14,16-17,26H2. The van der Waals surface area contributed by atoms with Gasteiger partial charge in [0.2, 0.25) is 5.91 Å². The summed E-state index contributed by atoms with van der Waals surface area (Å²) in [6.45, 7) is 4.20. The maximum absolute atomic E-state index is 13.5. The summed E-state index contributed by atoms with van der Waals surface area (Å²) < 4.78 is 0. The van der Waals surface area contributed by atoms with Crippen molar-refractivity contribution in [2.45, 2.75) is 31.7 Å². The van der Waals surface area contributed by atoms with E-state index in [9.17, 15) is 4.79 Å². The molecule has 3 heterocycles. The Morgan fingerprint density at radius 3 is 2.73 bits per heavy atom. The summed E-state index contributed by atoms with van der Waals surface area (Å²) in [6, 6.07) is 15.9. The van der Waals surface area contributed by atoms with E-state index in [1.165, 1.54) is 31.5 Å². The van der Waals surface area contributed by atoms with E-state index in [4.69, 9.17) is 5.73 Å². The molecule has 5 rings (SSSR count). The van der Waals surface area contributed by atoms with Crippen LogP contribution in [-0.4, -0.2) is 48.0 Å². The molecule has 1 fully saturated rings. The molecule has 5 heteroatoms. The van der Waals surface area contributed by atoms with E-state index >= 15 is 0 Å². The number of hydrogen-bond donors (Lipinski definition) is 2. The van der Waals surface area contributed by atoms with Gasteiger partial charge >= 0.3 is 0 Å². The van der Waals surface area contributed by atoms with Crippen molar-refractivity contribution in [3.05, 3.63) is 65.9 Å². The average Bonchev–Trinajstić information content (AvgIpc) is 3.43. The number of H-pyrrole nitrogens is 1. The summed E-state index contributed by atoms with van der Waals surface area (Å²) in [5, 5.41) is 1.15. The molecular weight excluding hydrogens is 372 g/mol. The fraction of sp³-hybridized carbons (Fsp3) is 0.400. The van der Waals surface area contributed by atoms with Crippen molar-refractivity contribution < 1.29 is 4.79 Å². The number of aromatic nitrogens is 1. The highest BCUT2D eigenvalue weighted by Gasteiger charge is 2.32. The molecule has 0 spiro atoms. The van der Waals surface area contributed by atoms with Crippen molar-refractivity contribution in [2.75, 3.05) is 31.1 Å². The molecule has 1 amide bonds. The topological polar surface area (TPSA) is 65.4 Å². The van der Waals surface area contributed by atoms with E-state index in [0.29, 0.717) is 12.3 Å². The van der Waals surface area contributed by atoms with E-state index < -0.39 is 6.04 Å². The minimum absolute atomic E-state index is 0.0267. The molecular formula is C25H30N4O. The Morgan fingerprint density at radius 1 is 1.10 bits per heavy atom. The summed E-state index contributed by atoms with van der Waals surface area (Å²) >= 11 is 0. The number of carbonyl (C=O) groups is 1. The highest BCUT2D eigenvalue weighted by Crippen LogP contribution is 2.31. The Balaban J connectivity index is 1.36. The number of para-hydroxylation sites is 2. The largest absolute Gasteiger partial charge is 0.361 e. The van der Waals surface area contributed by atoms with Gasteiger partial charge < -0.3 is 20.5 Å². The molecule has 0 saturated carbocycles. The summed E-state index contributed by atoms with van der Waals surface area (Å²) in [5.74, 6) is 0.487. The van der Waals surface area contributed by atoms with Gasteiger partial charge in [0.25, 0.3) is 0 Å². The first-order valence-corrected chi connectivity index (χ1v) is 11.1. The molecule has 2 atom stereocenters. The number of nitrogens with two attached hydrogens (primary N) is 1. The predicted octanol–water partition coefficient (Wildman–Crippen LogP) is 3.34. The van der Waals surface area contributed by atoms with Crippen LogP contribution in [-0.2, 0) is 17.6 Å². The number of amides is 1. The number of carbonyl (C=O) groups excluding carboxylic acids is 1. The Bertz CT molecular complexity index is 1040. The van der Waals surface area contributed by atoms with Gasteiger partial charge in [0.1, 0.15) is 0 Å². The van der Waals surface area contributed by atoms with Crippen LogP contribution in [0.25, 0.3) is 10.9 Å². The first-order chi connectivity index (χ1) is 14.7. The van der Waals surface area contributed by atoms with Gasteiger partial charge in [-0.3, -0.25) is 4.79 Å². The lowest BCUT2D eigenvalue weighted by Gasteiger charge is -2.37. The number of likely N-dealkylation sites (tertiary alicyclic amines) is 1. The van der Waals surface area contributed by atoms with Gasteiger partial charge in [-0.1, -0.05) is 36.4 Å². The minimum Gasteiger partial charge on any atom is -0.361 e. The van der Waals surface area contributed by atoms with Crippen LogP contribution in [0.2, 0.25) is 0 Å². The van der Waals surface area contributed by atoms with Crippen LogP contribution in [0.5, 0.6) is 0 Å². The number of aromatic amines is 1. The molecule has 30 heavy (non-hydrogen) atoms. The predicted molar refractivity (Wildman–Crippen MR) is 122 cm³/mol. The van der Waals surface area contributed by atoms with Crippen LogP contribution in [0.4, 0.5) is 5.69 Å². The third kappa shape index (κ3) is 3.75. The van der Waals surface area contributed by atoms with Gasteiger partial charge in [-0.15, -0.1) is 0 Å². The van der Waals surface area contributed by atoms with Crippen molar-refractivity contribution in [3.8, 4) is 0 Å². The lowest BCUT2D eigenvalue weighted by Crippen LogP contribution is -2.50. The van der Waals surface area contributed by atoms with Gasteiger partial charge in [0.05, 0.1) is 6.04 Å². The van der Waals surface area contributed by atoms with Crippen molar-refractivity contribution in [3.63, 3.8) is 0 Å². The fourth-order valence-corrected chi connectivity index (χ4v) is 5.17. The summed E-state index contributed by atoms with van der Waals surface area (Å²) in [7, 11) is 0. The quantitative estimate of drug-likeness (QED) is 0.688. The Morgan fingerprint density at radius 2 is 1.87 bits per heavy atom. The zero-order valence-electron chi connectivity index (χ0n) is 17.4. The molecule has 2 aliphatic heterocycles. The van der Waals surface area contributed by atoms with Gasteiger partial charge in [0.15, 0.2) is 0 Å². The number of hydrogen-bond acceptors (Lipinski definition) is 3. The molecule has 156 valence electrons. The molecule has 0 aliphatic carbocycles. The number of nitrogens with one attached hydrogen (secondary N) is 1. The SMILES string of the molecule is NC(Cc1c[nH]c2ccccc12)C(=O)N1CC(CN2CCCC2)Cc2ccccc21. The smallest absolute Gasteiger partial charge is 0.244 e. The van der Waals surface area contributed by atoms with E-state index in [1.807, 2.05) is 29.3 Å². The molecule has 3 N–H and O–H groups in total. The van der Waals surface area contributed by atoms with Crippen LogP contribution in [0, 0.1) is 5.92 Å². The van der Waals surface area contributed by atoms with Gasteiger partial charge in [0, 0.05) is 35.9 Å². The first-order valence-electron chi connectivity index (χ1n) is 11.1. The Hall–Kier alpha value is -2.63. The van der Waals surface area contributed by atoms with Crippen LogP contribution in [0.1, 0.15) is 24.0 Å². The van der Waals surface area contributed by atoms with Crippen LogP contribution >= 0.6 is 0 Å². The van der Waals surface area contributed by atoms with E-state index in [-0.39, 0.29) is 5.91 Å². The van der Waals surface area contributed by atoms with Crippen molar-refractivity contribution in [1.82, 2.24) is 9.88 Å².